The van der Waals surface area contributed by atoms with E-state index in [4.69, 9.17) is 9.31 Å². The molecule has 3 nitrogen and oxygen atoms in total. The maximum absolute atomic E-state index is 9.22. The molecule has 1 N–H and O–H groups in total. The fourth-order valence-electron chi connectivity index (χ4n) is 1.61. The lowest BCUT2D eigenvalue weighted by atomic mass is 9.90. The van der Waals surface area contributed by atoms with E-state index >= 15 is 0 Å². The van der Waals surface area contributed by atoms with Crippen LogP contribution in [0, 0.1) is 0 Å². The molecule has 4 heteroatoms. The van der Waals surface area contributed by atoms with E-state index in [0.717, 1.165) is 5.46 Å². The molecule has 0 spiro atoms. The van der Waals surface area contributed by atoms with E-state index in [1.807, 2.05) is 39.8 Å². The summed E-state index contributed by atoms with van der Waals surface area (Å²) >= 11 is 0. The number of hydrogen-bond acceptors (Lipinski definition) is 3. The molecule has 1 aromatic rings. The van der Waals surface area contributed by atoms with Crippen molar-refractivity contribution >= 4 is 12.6 Å². The van der Waals surface area contributed by atoms with Crippen LogP contribution in [0.2, 0.25) is 0 Å². The van der Waals surface area contributed by atoms with Crippen molar-refractivity contribution in [2.75, 3.05) is 0 Å². The van der Waals surface area contributed by atoms with Crippen LogP contribution in [-0.2, 0) is 9.31 Å². The first-order valence-electron chi connectivity index (χ1n) is 5.46. The van der Waals surface area contributed by atoms with E-state index in [1.165, 1.54) is 0 Å². The smallest absolute Gasteiger partial charge is 0.494 e. The van der Waals surface area contributed by atoms with Crippen LogP contribution in [-0.4, -0.2) is 23.4 Å². The molecule has 2 rings (SSSR count). The van der Waals surface area contributed by atoms with Gasteiger partial charge in [0.05, 0.1) is 11.2 Å². The molecule has 0 aliphatic carbocycles. The summed E-state index contributed by atoms with van der Waals surface area (Å²) in [4.78, 5) is 0. The molecular formula is C12H17BO3. The predicted molar refractivity (Wildman–Crippen MR) is 63.8 cm³/mol. The zero-order valence-corrected chi connectivity index (χ0v) is 10.2. The number of hydrogen-bond donors (Lipinski definition) is 1. The minimum absolute atomic E-state index is 0.250. The molecule has 0 aromatic heterocycles. The van der Waals surface area contributed by atoms with Gasteiger partial charge in [-0.2, -0.15) is 0 Å². The van der Waals surface area contributed by atoms with Crippen molar-refractivity contribution in [1.29, 1.82) is 0 Å². The summed E-state index contributed by atoms with van der Waals surface area (Å²) < 4.78 is 11.8. The molecule has 0 saturated carbocycles. The van der Waals surface area contributed by atoms with E-state index in [9.17, 15) is 5.11 Å². The highest BCUT2D eigenvalue weighted by atomic mass is 16.7. The molecule has 1 aliphatic rings. The average molecular weight is 226 g/mol. The lowest BCUT2D eigenvalue weighted by molar-refractivity contribution is 0.00578. The second-order valence-corrected chi connectivity index (χ2v) is 5.18. The largest absolute Gasteiger partial charge is 0.508 e. The van der Waals surface area contributed by atoms with Gasteiger partial charge in [0, 0.05) is 0 Å². The third-order valence-electron chi connectivity index (χ3n) is 3.42. The molecule has 1 heterocycles. The van der Waals surface area contributed by atoms with Crippen LogP contribution >= 0.6 is 0 Å². The van der Waals surface area contributed by atoms with Gasteiger partial charge >= 0.3 is 7.12 Å². The predicted octanol–water partition coefficient (Wildman–Crippen LogP) is 1.69. The Kier molecular flexibility index (Phi) is 2.52. The molecular weight excluding hydrogens is 209 g/mol. The molecule has 0 bridgehead atoms. The lowest BCUT2D eigenvalue weighted by Gasteiger charge is -2.32. The van der Waals surface area contributed by atoms with E-state index < -0.39 is 0 Å². The summed E-state index contributed by atoms with van der Waals surface area (Å²) in [5.41, 5.74) is 0.280. The second-order valence-electron chi connectivity index (χ2n) is 5.18. The Morgan fingerprint density at radius 3 is 1.81 bits per heavy atom. The topological polar surface area (TPSA) is 38.7 Å². The molecule has 0 radical (unpaired) electrons. The van der Waals surface area contributed by atoms with Gasteiger partial charge in [-0.3, -0.25) is 0 Å². The van der Waals surface area contributed by atoms with Crippen molar-refractivity contribution in [3.63, 3.8) is 0 Å². The minimum Gasteiger partial charge on any atom is -0.508 e. The normalized spacial score (nSPS) is 22.4. The van der Waals surface area contributed by atoms with Crippen LogP contribution in [0.1, 0.15) is 27.7 Å². The first-order chi connectivity index (χ1) is 7.32. The van der Waals surface area contributed by atoms with Crippen molar-refractivity contribution in [1.82, 2.24) is 0 Å². The van der Waals surface area contributed by atoms with Gasteiger partial charge in [-0.1, -0.05) is 12.1 Å². The number of phenols is 1. The fourth-order valence-corrected chi connectivity index (χ4v) is 1.61. The monoisotopic (exact) mass is 226 g/mol. The van der Waals surface area contributed by atoms with Gasteiger partial charge in [0.15, 0.2) is 0 Å². The number of phenolic OH excluding ortho intramolecular Hbond substituents is 1. The molecule has 1 saturated heterocycles. The molecule has 0 amide bonds. The standard InChI is InChI=1S/C12H17BO3/c1-11(2)12(3,4)16-13(15-11)9-5-7-10(14)8-6-9/h5-8,14H,1-4H3/i5+1,6+1,7+1,8+1,9+1,10+1. The summed E-state index contributed by atoms with van der Waals surface area (Å²) in [6, 6.07) is 6.91. The highest BCUT2D eigenvalue weighted by Crippen LogP contribution is 2.36. The van der Waals surface area contributed by atoms with Gasteiger partial charge in [-0.05, 0) is 45.3 Å². The molecule has 1 aliphatic heterocycles. The molecule has 1 aromatic carbocycles. The first-order valence-corrected chi connectivity index (χ1v) is 5.46. The maximum Gasteiger partial charge on any atom is 0.494 e. The first kappa shape index (κ1) is 11.5. The van der Waals surface area contributed by atoms with Crippen LogP contribution in [0.5, 0.6) is 5.75 Å². The minimum atomic E-state index is -0.356. The van der Waals surface area contributed by atoms with Gasteiger partial charge in [-0.25, -0.2) is 0 Å². The van der Waals surface area contributed by atoms with E-state index in [2.05, 4.69) is 0 Å². The third-order valence-corrected chi connectivity index (χ3v) is 3.42. The van der Waals surface area contributed by atoms with E-state index in [0.29, 0.717) is 0 Å². The number of rotatable bonds is 1. The van der Waals surface area contributed by atoms with Gasteiger partial charge in [0.2, 0.25) is 0 Å². The molecule has 0 unspecified atom stereocenters. The number of aromatic hydroxyl groups is 1. The quantitative estimate of drug-likeness (QED) is 0.740. The van der Waals surface area contributed by atoms with Crippen molar-refractivity contribution in [3.8, 4) is 5.75 Å². The van der Waals surface area contributed by atoms with Crippen LogP contribution in [0.4, 0.5) is 0 Å². The Morgan fingerprint density at radius 2 is 1.38 bits per heavy atom. The van der Waals surface area contributed by atoms with Gasteiger partial charge < -0.3 is 14.4 Å². The Hall–Kier alpha value is -0.995. The molecule has 1 fully saturated rings. The summed E-state index contributed by atoms with van der Waals surface area (Å²) in [6.45, 7) is 8.08. The maximum atomic E-state index is 9.22. The fraction of sp³-hybridized carbons (Fsp3) is 0.500. The summed E-state index contributed by atoms with van der Waals surface area (Å²) in [6.07, 6.45) is 0. The van der Waals surface area contributed by atoms with E-state index in [1.54, 1.807) is 12.1 Å². The summed E-state index contributed by atoms with van der Waals surface area (Å²) in [5, 5.41) is 9.22. The molecule has 0 atom stereocenters. The van der Waals surface area contributed by atoms with Gasteiger partial charge in [-0.15, -0.1) is 0 Å². The van der Waals surface area contributed by atoms with Crippen molar-refractivity contribution in [3.05, 3.63) is 24.3 Å². The highest BCUT2D eigenvalue weighted by Gasteiger charge is 2.51. The highest BCUT2D eigenvalue weighted by molar-refractivity contribution is 6.62. The second kappa shape index (κ2) is 3.50. The van der Waals surface area contributed by atoms with Crippen molar-refractivity contribution in [2.24, 2.45) is 0 Å². The van der Waals surface area contributed by atoms with Crippen LogP contribution < -0.4 is 5.46 Å². The Bertz CT molecular complexity index is 368. The van der Waals surface area contributed by atoms with Gasteiger partial charge in [0.1, 0.15) is 5.75 Å². The Balaban J connectivity index is 2.23. The Morgan fingerprint density at radius 1 is 0.938 bits per heavy atom. The zero-order valence-electron chi connectivity index (χ0n) is 10.2. The zero-order chi connectivity index (χ0) is 12.0. The molecule has 86 valence electrons. The van der Waals surface area contributed by atoms with Crippen LogP contribution in [0.15, 0.2) is 24.3 Å². The average Bonchev–Trinajstić information content (AvgIpc) is 2.37. The lowest BCUT2D eigenvalue weighted by Crippen LogP contribution is -2.41. The third kappa shape index (κ3) is 1.83. The van der Waals surface area contributed by atoms with Gasteiger partial charge in [0.25, 0.3) is 0 Å². The van der Waals surface area contributed by atoms with E-state index in [-0.39, 0.29) is 24.1 Å². The van der Waals surface area contributed by atoms with Crippen molar-refractivity contribution < 1.29 is 14.4 Å². The summed E-state index contributed by atoms with van der Waals surface area (Å²) in [7, 11) is -0.356. The van der Waals surface area contributed by atoms with Crippen LogP contribution in [0.25, 0.3) is 0 Å². The molecule has 16 heavy (non-hydrogen) atoms. The Labute approximate surface area is 96.5 Å². The number of benzene rings is 1. The summed E-state index contributed by atoms with van der Waals surface area (Å²) in [5.74, 6) is 0.250. The van der Waals surface area contributed by atoms with Crippen LogP contribution in [0.3, 0.4) is 0 Å². The van der Waals surface area contributed by atoms with Crippen molar-refractivity contribution in [2.45, 2.75) is 38.9 Å². The SMILES string of the molecule is CC1(C)OB([13c]2[13cH][13cH][13c](O)[13cH][13cH]2)OC1(C)C.